The predicted octanol–water partition coefficient (Wildman–Crippen LogP) is 3.59. The molecular weight excluding hydrogens is 360 g/mol. The third kappa shape index (κ3) is 3.77. The van der Waals surface area contributed by atoms with E-state index in [-0.39, 0.29) is 6.61 Å². The van der Waals surface area contributed by atoms with Crippen LogP contribution in [0.25, 0.3) is 0 Å². The van der Waals surface area contributed by atoms with E-state index in [1.807, 2.05) is 0 Å². The highest BCUT2D eigenvalue weighted by atomic mass is 79.9. The Bertz CT molecular complexity index is 658. The molecule has 0 aliphatic carbocycles. The molecule has 0 radical (unpaired) electrons. The molecule has 5 nitrogen and oxygen atoms in total. The number of rotatable bonds is 5. The molecule has 0 aliphatic heterocycles. The Balaban J connectivity index is 2.16. The van der Waals surface area contributed by atoms with Crippen LogP contribution in [0.3, 0.4) is 0 Å². The zero-order valence-electron chi connectivity index (χ0n) is 11.6. The third-order valence-electron chi connectivity index (χ3n) is 2.82. The van der Waals surface area contributed by atoms with Gasteiger partial charge in [-0.3, -0.25) is 4.68 Å². The van der Waals surface area contributed by atoms with Crippen LogP contribution in [-0.4, -0.2) is 22.4 Å². The summed E-state index contributed by atoms with van der Waals surface area (Å²) < 4.78 is 13.0. The molecule has 0 saturated heterocycles. The van der Waals surface area contributed by atoms with Crippen LogP contribution in [0, 0.1) is 0 Å². The summed E-state index contributed by atoms with van der Waals surface area (Å²) >= 11 is 9.26. The monoisotopic (exact) mass is 372 g/mol. The molecule has 1 aromatic carbocycles. The van der Waals surface area contributed by atoms with Crippen molar-refractivity contribution in [2.75, 3.05) is 6.61 Å². The predicted molar refractivity (Wildman–Crippen MR) is 82.6 cm³/mol. The van der Waals surface area contributed by atoms with Gasteiger partial charge in [0.1, 0.15) is 17.9 Å². The van der Waals surface area contributed by atoms with Crippen molar-refractivity contribution < 1.29 is 14.3 Å². The zero-order valence-corrected chi connectivity index (χ0v) is 13.9. The minimum absolute atomic E-state index is 0.199. The van der Waals surface area contributed by atoms with Gasteiger partial charge in [-0.15, -0.1) is 0 Å². The van der Waals surface area contributed by atoms with Crippen LogP contribution in [0.1, 0.15) is 23.0 Å². The fourth-order valence-electron chi connectivity index (χ4n) is 1.75. The number of esters is 1. The molecule has 0 saturated carbocycles. The quantitative estimate of drug-likeness (QED) is 0.752. The lowest BCUT2D eigenvalue weighted by atomic mass is 10.2. The molecule has 0 amide bonds. The number of hydrogen-bond donors (Lipinski definition) is 0. The lowest BCUT2D eigenvalue weighted by Crippen LogP contribution is -2.11. The SMILES string of the molecule is CCOC(=O)c1cnn(C)c1COc1ccc(Cl)cc1Br. The minimum atomic E-state index is -0.403. The molecule has 21 heavy (non-hydrogen) atoms. The summed E-state index contributed by atoms with van der Waals surface area (Å²) in [5.41, 5.74) is 1.06. The van der Waals surface area contributed by atoms with Crippen LogP contribution < -0.4 is 4.74 Å². The normalized spacial score (nSPS) is 10.5. The van der Waals surface area contributed by atoms with E-state index in [1.54, 1.807) is 36.9 Å². The average Bonchev–Trinajstić information content (AvgIpc) is 2.79. The molecule has 0 bridgehead atoms. The first-order valence-corrected chi connectivity index (χ1v) is 7.46. The van der Waals surface area contributed by atoms with Gasteiger partial charge in [0.15, 0.2) is 0 Å². The van der Waals surface area contributed by atoms with Gasteiger partial charge in [0.25, 0.3) is 0 Å². The smallest absolute Gasteiger partial charge is 0.341 e. The Morgan fingerprint density at radius 1 is 1.48 bits per heavy atom. The summed E-state index contributed by atoms with van der Waals surface area (Å²) in [6, 6.07) is 5.23. The van der Waals surface area contributed by atoms with Crippen LogP contribution in [-0.2, 0) is 18.4 Å². The highest BCUT2D eigenvalue weighted by Gasteiger charge is 2.18. The fourth-order valence-corrected chi connectivity index (χ4v) is 2.55. The van der Waals surface area contributed by atoms with Crippen molar-refractivity contribution in [3.63, 3.8) is 0 Å². The van der Waals surface area contributed by atoms with Gasteiger partial charge in [0, 0.05) is 12.1 Å². The molecule has 1 heterocycles. The summed E-state index contributed by atoms with van der Waals surface area (Å²) in [4.78, 5) is 11.8. The molecule has 0 fully saturated rings. The van der Waals surface area contributed by atoms with Gasteiger partial charge < -0.3 is 9.47 Å². The standard InChI is InChI=1S/C14H14BrClN2O3/c1-3-20-14(19)10-7-17-18(2)12(10)8-21-13-5-4-9(16)6-11(13)15/h4-7H,3,8H2,1-2H3. The Kier molecular flexibility index (Phi) is 5.25. The molecule has 1 aromatic heterocycles. The number of aromatic nitrogens is 2. The van der Waals surface area contributed by atoms with E-state index in [0.29, 0.717) is 28.6 Å². The lowest BCUT2D eigenvalue weighted by molar-refractivity contribution is 0.0523. The minimum Gasteiger partial charge on any atom is -0.486 e. The number of nitrogens with zero attached hydrogens (tertiary/aromatic N) is 2. The summed E-state index contributed by atoms with van der Waals surface area (Å²) in [7, 11) is 1.75. The largest absolute Gasteiger partial charge is 0.486 e. The topological polar surface area (TPSA) is 53.3 Å². The first-order chi connectivity index (χ1) is 10.0. The van der Waals surface area contributed by atoms with Crippen molar-refractivity contribution in [3.8, 4) is 5.75 Å². The van der Waals surface area contributed by atoms with Crippen molar-refractivity contribution in [1.82, 2.24) is 9.78 Å². The van der Waals surface area contributed by atoms with E-state index in [9.17, 15) is 4.79 Å². The Hall–Kier alpha value is -1.53. The first kappa shape index (κ1) is 15.9. The van der Waals surface area contributed by atoms with Crippen molar-refractivity contribution in [1.29, 1.82) is 0 Å². The summed E-state index contributed by atoms with van der Waals surface area (Å²) in [5, 5.41) is 4.68. The molecule has 2 aromatic rings. The number of benzene rings is 1. The number of aryl methyl sites for hydroxylation is 1. The van der Waals surface area contributed by atoms with Gasteiger partial charge in [-0.1, -0.05) is 11.6 Å². The van der Waals surface area contributed by atoms with E-state index in [2.05, 4.69) is 21.0 Å². The zero-order chi connectivity index (χ0) is 15.4. The number of carbonyl (C=O) groups excluding carboxylic acids is 1. The maximum absolute atomic E-state index is 11.8. The van der Waals surface area contributed by atoms with Crippen molar-refractivity contribution >= 4 is 33.5 Å². The van der Waals surface area contributed by atoms with Crippen LogP contribution >= 0.6 is 27.5 Å². The van der Waals surface area contributed by atoms with Gasteiger partial charge in [0.2, 0.25) is 0 Å². The molecule has 0 unspecified atom stereocenters. The van der Waals surface area contributed by atoms with E-state index >= 15 is 0 Å². The highest BCUT2D eigenvalue weighted by Crippen LogP contribution is 2.28. The average molecular weight is 374 g/mol. The molecule has 2 rings (SSSR count). The summed E-state index contributed by atoms with van der Waals surface area (Å²) in [6.07, 6.45) is 1.48. The van der Waals surface area contributed by atoms with Crippen LogP contribution in [0.2, 0.25) is 5.02 Å². The number of hydrogen-bond acceptors (Lipinski definition) is 4. The maximum Gasteiger partial charge on any atom is 0.341 e. The van der Waals surface area contributed by atoms with Gasteiger partial charge in [-0.25, -0.2) is 4.79 Å². The Morgan fingerprint density at radius 2 is 2.24 bits per heavy atom. The number of halogens is 2. The molecule has 7 heteroatoms. The summed E-state index contributed by atoms with van der Waals surface area (Å²) in [5.74, 6) is 0.231. The Labute approximate surface area is 135 Å². The van der Waals surface area contributed by atoms with Crippen molar-refractivity contribution in [3.05, 3.63) is 45.1 Å². The maximum atomic E-state index is 11.8. The highest BCUT2D eigenvalue weighted by molar-refractivity contribution is 9.10. The van der Waals surface area contributed by atoms with Crippen molar-refractivity contribution in [2.45, 2.75) is 13.5 Å². The van der Waals surface area contributed by atoms with E-state index < -0.39 is 5.97 Å². The molecule has 0 aliphatic rings. The second-order valence-corrected chi connectivity index (χ2v) is 5.50. The first-order valence-electron chi connectivity index (χ1n) is 6.28. The fraction of sp³-hybridized carbons (Fsp3) is 0.286. The van der Waals surface area contributed by atoms with Gasteiger partial charge in [-0.05, 0) is 41.1 Å². The molecule has 112 valence electrons. The van der Waals surface area contributed by atoms with E-state index in [4.69, 9.17) is 21.1 Å². The second-order valence-electron chi connectivity index (χ2n) is 4.21. The van der Waals surface area contributed by atoms with Gasteiger partial charge in [0.05, 0.1) is 23.0 Å². The van der Waals surface area contributed by atoms with Gasteiger partial charge >= 0.3 is 5.97 Å². The number of ether oxygens (including phenoxy) is 2. The van der Waals surface area contributed by atoms with E-state index in [1.165, 1.54) is 6.20 Å². The molecular formula is C14H14BrClN2O3. The molecule has 0 N–H and O–H groups in total. The van der Waals surface area contributed by atoms with Crippen molar-refractivity contribution in [2.24, 2.45) is 7.05 Å². The molecule has 0 atom stereocenters. The van der Waals surface area contributed by atoms with Crippen LogP contribution in [0.4, 0.5) is 0 Å². The Morgan fingerprint density at radius 3 is 2.90 bits per heavy atom. The lowest BCUT2D eigenvalue weighted by Gasteiger charge is -2.10. The van der Waals surface area contributed by atoms with E-state index in [0.717, 1.165) is 4.47 Å². The molecule has 0 spiro atoms. The van der Waals surface area contributed by atoms with Gasteiger partial charge in [-0.2, -0.15) is 5.10 Å². The summed E-state index contributed by atoms with van der Waals surface area (Å²) in [6.45, 7) is 2.27. The third-order valence-corrected chi connectivity index (χ3v) is 3.67. The second kappa shape index (κ2) is 6.95. The van der Waals surface area contributed by atoms with Crippen LogP contribution in [0.5, 0.6) is 5.75 Å². The number of carbonyl (C=O) groups is 1. The van der Waals surface area contributed by atoms with Crippen LogP contribution in [0.15, 0.2) is 28.9 Å².